The first-order valence-electron chi connectivity index (χ1n) is 5.82. The zero-order valence-electron chi connectivity index (χ0n) is 9.89. The molecule has 0 atom stereocenters. The number of hydrogen-bond donors (Lipinski definition) is 2. The van der Waals surface area contributed by atoms with Crippen molar-refractivity contribution in [2.24, 2.45) is 0 Å². The molecule has 1 amide bonds. The standard InChI is InChI=1S/C12H17N3O2/c1-13-12(17)11-8-10(4-5-14-11)15(6-7-16)9-2-3-9/h4-5,8-9,16H,2-3,6-7H2,1H3,(H,13,17). The fourth-order valence-corrected chi connectivity index (χ4v) is 1.87. The van der Waals surface area contributed by atoms with E-state index >= 15 is 0 Å². The van der Waals surface area contributed by atoms with E-state index in [9.17, 15) is 4.79 Å². The third-order valence-corrected chi connectivity index (χ3v) is 2.86. The first-order valence-corrected chi connectivity index (χ1v) is 5.82. The monoisotopic (exact) mass is 235 g/mol. The average molecular weight is 235 g/mol. The number of rotatable bonds is 5. The molecule has 0 aromatic carbocycles. The number of hydrogen-bond acceptors (Lipinski definition) is 4. The summed E-state index contributed by atoms with van der Waals surface area (Å²) in [6, 6.07) is 4.15. The SMILES string of the molecule is CNC(=O)c1cc(N(CCO)C2CC2)ccn1. The van der Waals surface area contributed by atoms with E-state index in [0.717, 1.165) is 18.5 Å². The molecule has 1 aliphatic carbocycles. The van der Waals surface area contributed by atoms with Gasteiger partial charge in [0.15, 0.2) is 0 Å². The van der Waals surface area contributed by atoms with Crippen LogP contribution in [0.15, 0.2) is 18.3 Å². The van der Waals surface area contributed by atoms with Gasteiger partial charge >= 0.3 is 0 Å². The Morgan fingerprint density at radius 1 is 1.65 bits per heavy atom. The maximum atomic E-state index is 11.5. The van der Waals surface area contributed by atoms with Gasteiger partial charge in [-0.3, -0.25) is 9.78 Å². The summed E-state index contributed by atoms with van der Waals surface area (Å²) in [4.78, 5) is 17.7. The van der Waals surface area contributed by atoms with Gasteiger partial charge in [-0.1, -0.05) is 0 Å². The topological polar surface area (TPSA) is 65.5 Å². The Balaban J connectivity index is 2.21. The summed E-state index contributed by atoms with van der Waals surface area (Å²) >= 11 is 0. The smallest absolute Gasteiger partial charge is 0.269 e. The zero-order valence-corrected chi connectivity index (χ0v) is 9.89. The van der Waals surface area contributed by atoms with Crippen molar-refractivity contribution in [1.82, 2.24) is 10.3 Å². The molecule has 2 rings (SSSR count). The minimum Gasteiger partial charge on any atom is -0.395 e. The molecule has 1 aliphatic rings. The molecule has 0 spiro atoms. The number of aliphatic hydroxyl groups is 1. The molecule has 0 aliphatic heterocycles. The summed E-state index contributed by atoms with van der Waals surface area (Å²) in [6.07, 6.45) is 3.93. The molecule has 1 aromatic heterocycles. The molecule has 17 heavy (non-hydrogen) atoms. The summed E-state index contributed by atoms with van der Waals surface area (Å²) in [5.74, 6) is -0.188. The number of aliphatic hydroxyl groups excluding tert-OH is 1. The summed E-state index contributed by atoms with van der Waals surface area (Å²) in [5, 5.41) is 11.6. The van der Waals surface area contributed by atoms with Gasteiger partial charge in [0.05, 0.1) is 6.61 Å². The van der Waals surface area contributed by atoms with Crippen LogP contribution in [-0.2, 0) is 0 Å². The van der Waals surface area contributed by atoms with Crippen LogP contribution in [0.2, 0.25) is 0 Å². The van der Waals surface area contributed by atoms with Gasteiger partial charge in [0, 0.05) is 31.5 Å². The van der Waals surface area contributed by atoms with Crippen molar-refractivity contribution in [2.45, 2.75) is 18.9 Å². The quantitative estimate of drug-likeness (QED) is 0.775. The molecule has 0 radical (unpaired) electrons. The molecule has 5 heteroatoms. The summed E-state index contributed by atoms with van der Waals surface area (Å²) in [5.41, 5.74) is 1.36. The summed E-state index contributed by atoms with van der Waals surface area (Å²) in [6.45, 7) is 0.718. The molecule has 0 saturated heterocycles. The lowest BCUT2D eigenvalue weighted by Gasteiger charge is -2.23. The summed E-state index contributed by atoms with van der Waals surface area (Å²) < 4.78 is 0. The highest BCUT2D eigenvalue weighted by Gasteiger charge is 2.29. The maximum Gasteiger partial charge on any atom is 0.269 e. The molecule has 2 N–H and O–H groups in total. The predicted octanol–water partition coefficient (Wildman–Crippen LogP) is 0.402. The number of amides is 1. The van der Waals surface area contributed by atoms with Crippen molar-refractivity contribution in [3.63, 3.8) is 0 Å². The van der Waals surface area contributed by atoms with E-state index in [1.54, 1.807) is 19.3 Å². The van der Waals surface area contributed by atoms with Gasteiger partial charge in [0.1, 0.15) is 5.69 Å². The van der Waals surface area contributed by atoms with Crippen molar-refractivity contribution >= 4 is 11.6 Å². The van der Waals surface area contributed by atoms with E-state index in [0.29, 0.717) is 18.3 Å². The predicted molar refractivity (Wildman–Crippen MR) is 65.1 cm³/mol. The number of aromatic nitrogens is 1. The highest BCUT2D eigenvalue weighted by atomic mass is 16.3. The van der Waals surface area contributed by atoms with E-state index in [4.69, 9.17) is 5.11 Å². The molecule has 1 saturated carbocycles. The number of carbonyl (C=O) groups is 1. The first-order chi connectivity index (χ1) is 8.26. The number of anilines is 1. The minimum absolute atomic E-state index is 0.119. The maximum absolute atomic E-state index is 11.5. The first kappa shape index (κ1) is 11.9. The van der Waals surface area contributed by atoms with Crippen molar-refractivity contribution in [1.29, 1.82) is 0 Å². The minimum atomic E-state index is -0.188. The number of pyridine rings is 1. The Bertz CT molecular complexity index is 404. The lowest BCUT2D eigenvalue weighted by atomic mass is 10.2. The molecule has 0 bridgehead atoms. The molecular weight excluding hydrogens is 218 g/mol. The van der Waals surface area contributed by atoms with Crippen LogP contribution in [0.4, 0.5) is 5.69 Å². The van der Waals surface area contributed by atoms with E-state index in [2.05, 4.69) is 15.2 Å². The van der Waals surface area contributed by atoms with Crippen molar-refractivity contribution in [3.8, 4) is 0 Å². The second-order valence-electron chi connectivity index (χ2n) is 4.13. The third-order valence-electron chi connectivity index (χ3n) is 2.86. The van der Waals surface area contributed by atoms with E-state index in [1.165, 1.54) is 0 Å². The molecule has 1 aromatic rings. The second kappa shape index (κ2) is 5.14. The Labute approximate surface area is 100 Å². The highest BCUT2D eigenvalue weighted by molar-refractivity contribution is 5.92. The van der Waals surface area contributed by atoms with Crippen molar-refractivity contribution in [2.75, 3.05) is 25.1 Å². The van der Waals surface area contributed by atoms with Gasteiger partial charge in [0.25, 0.3) is 5.91 Å². The van der Waals surface area contributed by atoms with Crippen LogP contribution < -0.4 is 10.2 Å². The Kier molecular flexibility index (Phi) is 3.58. The zero-order chi connectivity index (χ0) is 12.3. The van der Waals surface area contributed by atoms with Gasteiger partial charge in [-0.15, -0.1) is 0 Å². The molecule has 0 unspecified atom stereocenters. The van der Waals surface area contributed by atoms with Gasteiger partial charge in [0.2, 0.25) is 0 Å². The molecule has 5 nitrogen and oxygen atoms in total. The van der Waals surface area contributed by atoms with Crippen LogP contribution in [0, 0.1) is 0 Å². The van der Waals surface area contributed by atoms with Crippen LogP contribution in [0.3, 0.4) is 0 Å². The Hall–Kier alpha value is -1.62. The van der Waals surface area contributed by atoms with Gasteiger partial charge in [-0.05, 0) is 25.0 Å². The lowest BCUT2D eigenvalue weighted by molar-refractivity contribution is 0.0958. The van der Waals surface area contributed by atoms with Crippen molar-refractivity contribution in [3.05, 3.63) is 24.0 Å². The molecule has 1 fully saturated rings. The fraction of sp³-hybridized carbons (Fsp3) is 0.500. The summed E-state index contributed by atoms with van der Waals surface area (Å²) in [7, 11) is 1.59. The fourth-order valence-electron chi connectivity index (χ4n) is 1.87. The van der Waals surface area contributed by atoms with Gasteiger partial charge in [-0.25, -0.2) is 0 Å². The molecule has 92 valence electrons. The van der Waals surface area contributed by atoms with Gasteiger partial charge < -0.3 is 15.3 Å². The number of nitrogens with zero attached hydrogens (tertiary/aromatic N) is 2. The van der Waals surface area contributed by atoms with Crippen LogP contribution in [-0.4, -0.2) is 42.2 Å². The second-order valence-corrected chi connectivity index (χ2v) is 4.13. The Morgan fingerprint density at radius 3 is 3.00 bits per heavy atom. The lowest BCUT2D eigenvalue weighted by Crippen LogP contribution is -2.29. The largest absolute Gasteiger partial charge is 0.395 e. The van der Waals surface area contributed by atoms with Crippen LogP contribution >= 0.6 is 0 Å². The molecular formula is C12H17N3O2. The van der Waals surface area contributed by atoms with Crippen molar-refractivity contribution < 1.29 is 9.90 Å². The average Bonchev–Trinajstić information content (AvgIpc) is 3.19. The number of carbonyl (C=O) groups excluding carboxylic acids is 1. The van der Waals surface area contributed by atoms with Gasteiger partial charge in [-0.2, -0.15) is 0 Å². The molecule has 1 heterocycles. The third kappa shape index (κ3) is 2.74. The Morgan fingerprint density at radius 2 is 2.41 bits per heavy atom. The van der Waals surface area contributed by atoms with E-state index < -0.39 is 0 Å². The van der Waals surface area contributed by atoms with Crippen LogP contribution in [0.5, 0.6) is 0 Å². The normalized spacial score (nSPS) is 14.5. The van der Waals surface area contributed by atoms with E-state index in [1.807, 2.05) is 6.07 Å². The highest BCUT2D eigenvalue weighted by Crippen LogP contribution is 2.31. The number of nitrogens with one attached hydrogen (secondary N) is 1. The van der Waals surface area contributed by atoms with Crippen LogP contribution in [0.1, 0.15) is 23.3 Å². The van der Waals surface area contributed by atoms with E-state index in [-0.39, 0.29) is 12.5 Å². The van der Waals surface area contributed by atoms with Crippen LogP contribution in [0.25, 0.3) is 0 Å².